The van der Waals surface area contributed by atoms with E-state index in [1.165, 1.54) is 11.0 Å². The van der Waals surface area contributed by atoms with Crippen LogP contribution in [0, 0.1) is 6.92 Å². The van der Waals surface area contributed by atoms with Gasteiger partial charge in [0.1, 0.15) is 6.33 Å². The van der Waals surface area contributed by atoms with Crippen LogP contribution in [0.25, 0.3) is 5.69 Å². The number of hydrogen-bond donors (Lipinski definition) is 1. The molecule has 0 radical (unpaired) electrons. The van der Waals surface area contributed by atoms with Crippen LogP contribution in [0.3, 0.4) is 0 Å². The average Bonchev–Trinajstić information content (AvgIpc) is 3.24. The molecule has 29 heavy (non-hydrogen) atoms. The van der Waals surface area contributed by atoms with E-state index >= 15 is 0 Å². The number of benzene rings is 2. The second-order valence-corrected chi connectivity index (χ2v) is 7.03. The van der Waals surface area contributed by atoms with E-state index in [1.54, 1.807) is 31.2 Å². The lowest BCUT2D eigenvalue weighted by molar-refractivity contribution is -0.123. The van der Waals surface area contributed by atoms with E-state index in [1.807, 2.05) is 25.1 Å². The van der Waals surface area contributed by atoms with Crippen molar-refractivity contribution in [3.63, 3.8) is 0 Å². The number of para-hydroxylation sites is 1. The number of carbonyl (C=O) groups excluding carboxylic acids is 2. The highest BCUT2D eigenvalue weighted by molar-refractivity contribution is 5.98. The van der Waals surface area contributed by atoms with Crippen molar-refractivity contribution in [1.29, 1.82) is 0 Å². The van der Waals surface area contributed by atoms with Gasteiger partial charge in [0.15, 0.2) is 6.10 Å². The highest BCUT2D eigenvalue weighted by Gasteiger charge is 2.21. The Morgan fingerprint density at radius 1 is 1.07 bits per heavy atom. The third kappa shape index (κ3) is 4.66. The van der Waals surface area contributed by atoms with Gasteiger partial charge in [0.25, 0.3) is 5.91 Å². The third-order valence-corrected chi connectivity index (χ3v) is 4.54. The molecule has 0 saturated heterocycles. The van der Waals surface area contributed by atoms with Gasteiger partial charge >= 0.3 is 5.97 Å². The number of aryl methyl sites for hydroxylation is 1. The predicted molar refractivity (Wildman–Crippen MR) is 108 cm³/mol. The summed E-state index contributed by atoms with van der Waals surface area (Å²) in [7, 11) is 0. The summed E-state index contributed by atoms with van der Waals surface area (Å²) in [5.41, 5.74) is 3.80. The molecular weight excluding hydrogens is 370 g/mol. The van der Waals surface area contributed by atoms with Crippen molar-refractivity contribution in [3.8, 4) is 5.69 Å². The van der Waals surface area contributed by atoms with Crippen LogP contribution in [0.4, 0.5) is 5.69 Å². The number of rotatable bonds is 6. The molecule has 3 rings (SSSR count). The Balaban J connectivity index is 1.66. The standard InChI is InChI=1S/C21H23N5O3/c1-13(2)18-7-5-6-14(3)19(18)23-20(27)15(4)29-21(28)16-8-10-17(11-9-16)26-12-22-24-25-26/h5-13,15H,1-4H3,(H,23,27)/t15-/m1/s1. The molecule has 0 fully saturated rings. The summed E-state index contributed by atoms with van der Waals surface area (Å²) in [6.45, 7) is 7.61. The lowest BCUT2D eigenvalue weighted by Gasteiger charge is -2.19. The van der Waals surface area contributed by atoms with E-state index in [-0.39, 0.29) is 11.8 Å². The van der Waals surface area contributed by atoms with Gasteiger partial charge in [-0.2, -0.15) is 0 Å². The maximum Gasteiger partial charge on any atom is 0.338 e. The quantitative estimate of drug-likeness (QED) is 0.645. The number of hydrogen-bond acceptors (Lipinski definition) is 6. The summed E-state index contributed by atoms with van der Waals surface area (Å²) in [5.74, 6) is -0.702. The molecule has 3 aromatic rings. The first kappa shape index (κ1) is 20.2. The van der Waals surface area contributed by atoms with E-state index in [2.05, 4.69) is 34.7 Å². The maximum atomic E-state index is 12.6. The minimum atomic E-state index is -0.943. The smallest absolute Gasteiger partial charge is 0.338 e. The van der Waals surface area contributed by atoms with Gasteiger partial charge in [-0.05, 0) is 65.6 Å². The predicted octanol–water partition coefficient (Wildman–Crippen LogP) is 3.28. The van der Waals surface area contributed by atoms with Crippen molar-refractivity contribution < 1.29 is 14.3 Å². The first-order valence-corrected chi connectivity index (χ1v) is 9.31. The molecule has 150 valence electrons. The minimum Gasteiger partial charge on any atom is -0.449 e. The van der Waals surface area contributed by atoms with Crippen molar-refractivity contribution in [2.45, 2.75) is 39.7 Å². The van der Waals surface area contributed by atoms with Crippen molar-refractivity contribution in [2.24, 2.45) is 0 Å². The molecule has 2 aromatic carbocycles. The topological polar surface area (TPSA) is 99.0 Å². The second kappa shape index (κ2) is 8.64. The van der Waals surface area contributed by atoms with Crippen LogP contribution in [-0.4, -0.2) is 38.2 Å². The van der Waals surface area contributed by atoms with Crippen LogP contribution in [0.1, 0.15) is 48.2 Å². The Morgan fingerprint density at radius 3 is 2.41 bits per heavy atom. The molecule has 1 N–H and O–H groups in total. The number of amides is 1. The van der Waals surface area contributed by atoms with Gasteiger partial charge in [-0.1, -0.05) is 32.0 Å². The lowest BCUT2D eigenvalue weighted by Crippen LogP contribution is -2.30. The van der Waals surface area contributed by atoms with Gasteiger partial charge in [0.05, 0.1) is 11.3 Å². The highest BCUT2D eigenvalue weighted by Crippen LogP contribution is 2.27. The second-order valence-electron chi connectivity index (χ2n) is 7.03. The molecule has 0 aliphatic carbocycles. The molecule has 0 bridgehead atoms. The molecule has 8 nitrogen and oxygen atoms in total. The number of carbonyl (C=O) groups is 2. The fraction of sp³-hybridized carbons (Fsp3) is 0.286. The van der Waals surface area contributed by atoms with Crippen LogP contribution < -0.4 is 5.32 Å². The zero-order chi connectivity index (χ0) is 21.0. The summed E-state index contributed by atoms with van der Waals surface area (Å²) in [6, 6.07) is 12.5. The Morgan fingerprint density at radius 2 is 1.79 bits per heavy atom. The number of anilines is 1. The van der Waals surface area contributed by atoms with Crippen LogP contribution in [-0.2, 0) is 9.53 Å². The molecule has 1 atom stereocenters. The van der Waals surface area contributed by atoms with Crippen LogP contribution in [0.2, 0.25) is 0 Å². The first-order chi connectivity index (χ1) is 13.9. The molecule has 0 aliphatic heterocycles. The Hall–Kier alpha value is -3.55. The number of ether oxygens (including phenoxy) is 1. The number of nitrogens with one attached hydrogen (secondary N) is 1. The number of aromatic nitrogens is 4. The molecule has 1 aromatic heterocycles. The zero-order valence-corrected chi connectivity index (χ0v) is 16.8. The van der Waals surface area contributed by atoms with Crippen molar-refractivity contribution in [2.75, 3.05) is 5.32 Å². The van der Waals surface area contributed by atoms with Gasteiger partial charge in [0, 0.05) is 5.69 Å². The summed E-state index contributed by atoms with van der Waals surface area (Å²) < 4.78 is 6.82. The van der Waals surface area contributed by atoms with Crippen LogP contribution in [0.15, 0.2) is 48.8 Å². The normalized spacial score (nSPS) is 11.9. The fourth-order valence-electron chi connectivity index (χ4n) is 2.88. The molecule has 1 heterocycles. The van der Waals surface area contributed by atoms with E-state index < -0.39 is 12.1 Å². The Kier molecular flexibility index (Phi) is 6.01. The summed E-state index contributed by atoms with van der Waals surface area (Å²) in [6.07, 6.45) is 0.512. The van der Waals surface area contributed by atoms with Gasteiger partial charge in [-0.25, -0.2) is 9.48 Å². The molecule has 8 heteroatoms. The largest absolute Gasteiger partial charge is 0.449 e. The summed E-state index contributed by atoms with van der Waals surface area (Å²) in [4.78, 5) is 25.0. The summed E-state index contributed by atoms with van der Waals surface area (Å²) in [5, 5.41) is 13.8. The number of esters is 1. The van der Waals surface area contributed by atoms with Gasteiger partial charge in [-0.3, -0.25) is 4.79 Å². The average molecular weight is 393 g/mol. The molecule has 0 unspecified atom stereocenters. The molecule has 0 aliphatic rings. The van der Waals surface area contributed by atoms with Gasteiger partial charge in [0.2, 0.25) is 0 Å². The number of nitrogens with zero attached hydrogens (tertiary/aromatic N) is 4. The lowest BCUT2D eigenvalue weighted by atomic mass is 9.98. The molecule has 0 saturated carbocycles. The van der Waals surface area contributed by atoms with Gasteiger partial charge < -0.3 is 10.1 Å². The SMILES string of the molecule is Cc1cccc(C(C)C)c1NC(=O)[C@@H](C)OC(=O)c1ccc(-n2cnnn2)cc1. The van der Waals surface area contributed by atoms with Crippen molar-refractivity contribution >= 4 is 17.6 Å². The van der Waals surface area contributed by atoms with E-state index in [0.717, 1.165) is 16.8 Å². The number of tetrazole rings is 1. The van der Waals surface area contributed by atoms with E-state index in [9.17, 15) is 9.59 Å². The van der Waals surface area contributed by atoms with Gasteiger partial charge in [-0.15, -0.1) is 5.10 Å². The third-order valence-electron chi connectivity index (χ3n) is 4.54. The summed E-state index contributed by atoms with van der Waals surface area (Å²) >= 11 is 0. The Bertz CT molecular complexity index is 998. The highest BCUT2D eigenvalue weighted by atomic mass is 16.5. The maximum absolute atomic E-state index is 12.6. The fourth-order valence-corrected chi connectivity index (χ4v) is 2.88. The minimum absolute atomic E-state index is 0.252. The van der Waals surface area contributed by atoms with Crippen molar-refractivity contribution in [3.05, 3.63) is 65.5 Å². The van der Waals surface area contributed by atoms with E-state index in [4.69, 9.17) is 4.74 Å². The monoisotopic (exact) mass is 393 g/mol. The van der Waals surface area contributed by atoms with Crippen molar-refractivity contribution in [1.82, 2.24) is 20.2 Å². The molecule has 0 spiro atoms. The molecular formula is C21H23N5O3. The zero-order valence-electron chi connectivity index (χ0n) is 16.8. The van der Waals surface area contributed by atoms with E-state index in [0.29, 0.717) is 11.3 Å². The molecule has 1 amide bonds. The first-order valence-electron chi connectivity index (χ1n) is 9.31. The van der Waals surface area contributed by atoms with Crippen LogP contribution in [0.5, 0.6) is 0 Å². The van der Waals surface area contributed by atoms with Crippen LogP contribution >= 0.6 is 0 Å². The Labute approximate surface area is 168 Å².